The van der Waals surface area contributed by atoms with Crippen LogP contribution >= 0.6 is 0 Å². The van der Waals surface area contributed by atoms with Crippen molar-refractivity contribution in [2.75, 3.05) is 0 Å². The average Bonchev–Trinajstić information content (AvgIpc) is 2.53. The van der Waals surface area contributed by atoms with E-state index in [2.05, 4.69) is 64.2 Å². The molecule has 0 atom stereocenters. The largest absolute Gasteiger partial charge is 0.307 e. The monoisotopic (exact) mass is 341 g/mol. The lowest BCUT2D eigenvalue weighted by Crippen LogP contribution is -2.57. The zero-order valence-corrected chi connectivity index (χ0v) is 17.2. The predicted molar refractivity (Wildman–Crippen MR) is 109 cm³/mol. The quantitative estimate of drug-likeness (QED) is 0.636. The van der Waals surface area contributed by atoms with E-state index in [-0.39, 0.29) is 11.1 Å². The third-order valence-electron chi connectivity index (χ3n) is 6.61. The van der Waals surface area contributed by atoms with Gasteiger partial charge < -0.3 is 5.32 Å². The molecular weight excluding hydrogens is 302 g/mol. The van der Waals surface area contributed by atoms with Crippen LogP contribution < -0.4 is 5.32 Å². The third-order valence-corrected chi connectivity index (χ3v) is 6.61. The van der Waals surface area contributed by atoms with Crippen molar-refractivity contribution in [3.8, 4) is 0 Å². The Kier molecular flexibility index (Phi) is 5.63. The van der Waals surface area contributed by atoms with E-state index < -0.39 is 0 Å². The number of hydrogen-bond donors (Lipinski definition) is 1. The predicted octanol–water partition coefficient (Wildman–Crippen LogP) is 6.78. The van der Waals surface area contributed by atoms with Crippen LogP contribution in [0, 0.1) is 5.92 Å². The number of nitrogens with one attached hydrogen (secondary N) is 1. The fourth-order valence-electron chi connectivity index (χ4n) is 5.79. The molecule has 1 N–H and O–H groups in total. The van der Waals surface area contributed by atoms with Gasteiger partial charge in [-0.2, -0.15) is 0 Å². The summed E-state index contributed by atoms with van der Waals surface area (Å²) >= 11 is 0. The molecule has 1 aliphatic heterocycles. The SMILES string of the molecule is CCCC1CCC(c2ccc(C3CC(C)(C)NC(C)(C)C3)cc2)CC1. The number of piperidine rings is 1. The fourth-order valence-corrected chi connectivity index (χ4v) is 5.79. The molecule has 1 heteroatoms. The van der Waals surface area contributed by atoms with Crippen LogP contribution in [-0.4, -0.2) is 11.1 Å². The van der Waals surface area contributed by atoms with Gasteiger partial charge in [0, 0.05) is 11.1 Å². The van der Waals surface area contributed by atoms with Crippen LogP contribution in [0.4, 0.5) is 0 Å². The Morgan fingerprint density at radius 2 is 1.28 bits per heavy atom. The lowest BCUT2D eigenvalue weighted by Gasteiger charge is -2.46. The van der Waals surface area contributed by atoms with E-state index in [1.165, 1.54) is 51.4 Å². The maximum absolute atomic E-state index is 3.81. The van der Waals surface area contributed by atoms with Crippen LogP contribution in [0.15, 0.2) is 24.3 Å². The summed E-state index contributed by atoms with van der Waals surface area (Å²) in [5, 5.41) is 3.81. The summed E-state index contributed by atoms with van der Waals surface area (Å²) in [4.78, 5) is 0. The second-order valence-electron chi connectivity index (χ2n) is 10.2. The highest BCUT2D eigenvalue weighted by Crippen LogP contribution is 2.41. The highest BCUT2D eigenvalue weighted by molar-refractivity contribution is 5.29. The second kappa shape index (κ2) is 7.43. The zero-order valence-electron chi connectivity index (χ0n) is 17.2. The topological polar surface area (TPSA) is 12.0 Å². The molecule has 1 nitrogen and oxygen atoms in total. The lowest BCUT2D eigenvalue weighted by atomic mass is 9.72. The molecule has 0 bridgehead atoms. The van der Waals surface area contributed by atoms with E-state index in [1.54, 1.807) is 11.1 Å². The van der Waals surface area contributed by atoms with Crippen LogP contribution in [0.2, 0.25) is 0 Å². The normalized spacial score (nSPS) is 29.5. The van der Waals surface area contributed by atoms with Crippen molar-refractivity contribution >= 4 is 0 Å². The van der Waals surface area contributed by atoms with Crippen molar-refractivity contribution in [2.24, 2.45) is 5.92 Å². The van der Waals surface area contributed by atoms with E-state index in [4.69, 9.17) is 0 Å². The highest BCUT2D eigenvalue weighted by atomic mass is 15.0. The van der Waals surface area contributed by atoms with Gasteiger partial charge in [0.2, 0.25) is 0 Å². The number of rotatable bonds is 4. The summed E-state index contributed by atoms with van der Waals surface area (Å²) in [5.41, 5.74) is 3.59. The van der Waals surface area contributed by atoms with Crippen LogP contribution in [-0.2, 0) is 0 Å². The Morgan fingerprint density at radius 3 is 1.76 bits per heavy atom. The van der Waals surface area contributed by atoms with Crippen molar-refractivity contribution < 1.29 is 0 Å². The number of hydrogen-bond acceptors (Lipinski definition) is 1. The summed E-state index contributed by atoms with van der Waals surface area (Å²) in [6.07, 6.45) is 10.9. The first-order valence-electron chi connectivity index (χ1n) is 10.7. The van der Waals surface area contributed by atoms with Gasteiger partial charge in [-0.15, -0.1) is 0 Å². The van der Waals surface area contributed by atoms with Crippen LogP contribution in [0.3, 0.4) is 0 Å². The maximum atomic E-state index is 3.81. The Morgan fingerprint density at radius 1 is 0.800 bits per heavy atom. The molecule has 140 valence electrons. The average molecular weight is 342 g/mol. The van der Waals surface area contributed by atoms with E-state index in [0.29, 0.717) is 5.92 Å². The molecule has 2 fully saturated rings. The molecule has 0 amide bonds. The maximum Gasteiger partial charge on any atom is 0.0135 e. The molecule has 0 unspecified atom stereocenters. The minimum Gasteiger partial charge on any atom is -0.307 e. The summed E-state index contributed by atoms with van der Waals surface area (Å²) in [6, 6.07) is 9.77. The van der Waals surface area contributed by atoms with Gasteiger partial charge in [-0.25, -0.2) is 0 Å². The van der Waals surface area contributed by atoms with E-state index in [1.807, 2.05) is 0 Å². The van der Waals surface area contributed by atoms with Gasteiger partial charge in [-0.1, -0.05) is 44.0 Å². The van der Waals surface area contributed by atoms with Gasteiger partial charge >= 0.3 is 0 Å². The minimum atomic E-state index is 0.225. The first kappa shape index (κ1) is 19.0. The van der Waals surface area contributed by atoms with Gasteiger partial charge in [-0.05, 0) is 95.1 Å². The Bertz CT molecular complexity index is 530. The minimum absolute atomic E-state index is 0.225. The molecule has 0 aromatic heterocycles. The van der Waals surface area contributed by atoms with Gasteiger partial charge in [-0.3, -0.25) is 0 Å². The van der Waals surface area contributed by atoms with E-state index in [0.717, 1.165) is 11.8 Å². The summed E-state index contributed by atoms with van der Waals surface area (Å²) < 4.78 is 0. The van der Waals surface area contributed by atoms with Gasteiger partial charge in [0.05, 0.1) is 0 Å². The van der Waals surface area contributed by atoms with Crippen molar-refractivity contribution in [2.45, 2.75) is 109 Å². The van der Waals surface area contributed by atoms with Crippen LogP contribution in [0.1, 0.15) is 109 Å². The van der Waals surface area contributed by atoms with Gasteiger partial charge in [0.25, 0.3) is 0 Å². The van der Waals surface area contributed by atoms with Crippen molar-refractivity contribution in [3.63, 3.8) is 0 Å². The Hall–Kier alpha value is -0.820. The molecule has 1 aromatic carbocycles. The van der Waals surface area contributed by atoms with Gasteiger partial charge in [0.15, 0.2) is 0 Å². The third kappa shape index (κ3) is 4.88. The molecule has 1 saturated carbocycles. The summed E-state index contributed by atoms with van der Waals surface area (Å²) in [7, 11) is 0. The molecule has 2 aliphatic rings. The molecule has 1 aromatic rings. The number of benzene rings is 1. The first-order valence-corrected chi connectivity index (χ1v) is 10.7. The standard InChI is InChI=1S/C24H39N/c1-6-7-18-8-10-19(11-9-18)20-12-14-21(15-13-20)22-16-23(2,3)25-24(4,5)17-22/h12-15,18-19,22,25H,6-11,16-17H2,1-5H3. The fraction of sp³-hybridized carbons (Fsp3) is 0.750. The first-order chi connectivity index (χ1) is 11.8. The van der Waals surface area contributed by atoms with Gasteiger partial charge in [0.1, 0.15) is 0 Å². The lowest BCUT2D eigenvalue weighted by molar-refractivity contribution is 0.162. The molecule has 1 saturated heterocycles. The molecule has 0 spiro atoms. The molecule has 1 aliphatic carbocycles. The second-order valence-corrected chi connectivity index (χ2v) is 10.2. The summed E-state index contributed by atoms with van der Waals surface area (Å²) in [6.45, 7) is 11.7. The Labute approximate surface area is 156 Å². The zero-order chi connectivity index (χ0) is 18.1. The van der Waals surface area contributed by atoms with Crippen molar-refractivity contribution in [3.05, 3.63) is 35.4 Å². The molecule has 3 rings (SSSR count). The molecular formula is C24H39N. The van der Waals surface area contributed by atoms with Crippen molar-refractivity contribution in [1.29, 1.82) is 0 Å². The molecule has 1 heterocycles. The Balaban J connectivity index is 1.64. The van der Waals surface area contributed by atoms with Crippen molar-refractivity contribution in [1.82, 2.24) is 5.32 Å². The highest BCUT2D eigenvalue weighted by Gasteiger charge is 2.38. The van der Waals surface area contributed by atoms with Crippen LogP contribution in [0.25, 0.3) is 0 Å². The summed E-state index contributed by atoms with van der Waals surface area (Å²) in [5.74, 6) is 2.49. The van der Waals surface area contributed by atoms with E-state index >= 15 is 0 Å². The molecule has 25 heavy (non-hydrogen) atoms. The smallest absolute Gasteiger partial charge is 0.0135 e. The molecule has 0 radical (unpaired) electrons. The van der Waals surface area contributed by atoms with E-state index in [9.17, 15) is 0 Å². The van der Waals surface area contributed by atoms with Crippen LogP contribution in [0.5, 0.6) is 0 Å².